The van der Waals surface area contributed by atoms with E-state index in [0.717, 1.165) is 13.0 Å². The summed E-state index contributed by atoms with van der Waals surface area (Å²) in [6.07, 6.45) is 0.256. The van der Waals surface area contributed by atoms with E-state index in [-0.39, 0.29) is 5.82 Å². The minimum atomic E-state index is -1.09. The molecule has 0 aromatic carbocycles. The van der Waals surface area contributed by atoms with Crippen LogP contribution in [-0.4, -0.2) is 79.6 Å². The van der Waals surface area contributed by atoms with Gasteiger partial charge < -0.3 is 31.3 Å². The summed E-state index contributed by atoms with van der Waals surface area (Å²) in [4.78, 5) is 14.2. The maximum atomic E-state index is 10.4. The number of likely N-dealkylation sites (N-methyl/N-ethyl adjacent to an activating group) is 1. The molecule has 3 rings (SSSR count). The van der Waals surface area contributed by atoms with Crippen molar-refractivity contribution in [3.8, 4) is 0 Å². The highest BCUT2D eigenvalue weighted by molar-refractivity contribution is 5.81. The van der Waals surface area contributed by atoms with Crippen LogP contribution in [0.5, 0.6) is 0 Å². The van der Waals surface area contributed by atoms with Gasteiger partial charge in [0.1, 0.15) is 30.2 Å². The van der Waals surface area contributed by atoms with Gasteiger partial charge in [0, 0.05) is 6.54 Å². The van der Waals surface area contributed by atoms with Crippen LogP contribution < -0.4 is 11.5 Å². The lowest BCUT2D eigenvalue weighted by molar-refractivity contribution is -0.0421. The van der Waals surface area contributed by atoms with Crippen LogP contribution in [0.4, 0.5) is 5.82 Å². The molecular weight excluding hydrogens is 314 g/mol. The molecule has 0 amide bonds. The summed E-state index contributed by atoms with van der Waals surface area (Å²) < 4.78 is 7.45. The molecule has 0 saturated carbocycles. The van der Waals surface area contributed by atoms with Gasteiger partial charge in [-0.3, -0.25) is 4.57 Å². The number of nitrogens with two attached hydrogens (primary N) is 2. The fourth-order valence-electron chi connectivity index (χ4n) is 2.93. The van der Waals surface area contributed by atoms with Crippen molar-refractivity contribution in [3.63, 3.8) is 0 Å². The average Bonchev–Trinajstić information content (AvgIpc) is 3.10. The van der Waals surface area contributed by atoms with Gasteiger partial charge in [-0.2, -0.15) is 0 Å². The predicted molar refractivity (Wildman–Crippen MR) is 86.8 cm³/mol. The Bertz CT molecular complexity index is 694. The van der Waals surface area contributed by atoms with Gasteiger partial charge in [0.15, 0.2) is 17.7 Å². The molecule has 24 heavy (non-hydrogen) atoms. The largest absolute Gasteiger partial charge is 0.387 e. The molecule has 0 spiro atoms. The minimum absolute atomic E-state index is 0.254. The SMILES string of the molecule is CN(CCCN)C[C@H]1OC(n2cnc3c(N)ncnc32)[C@H](O)[C@@H]1O. The summed E-state index contributed by atoms with van der Waals surface area (Å²) in [6.45, 7) is 1.88. The van der Waals surface area contributed by atoms with Crippen molar-refractivity contribution >= 4 is 17.0 Å². The van der Waals surface area contributed by atoms with E-state index in [1.807, 2.05) is 11.9 Å². The van der Waals surface area contributed by atoms with Gasteiger partial charge >= 0.3 is 0 Å². The van der Waals surface area contributed by atoms with Crippen molar-refractivity contribution in [2.75, 3.05) is 32.4 Å². The fourth-order valence-corrected chi connectivity index (χ4v) is 2.93. The Morgan fingerprint density at radius 1 is 1.29 bits per heavy atom. The monoisotopic (exact) mass is 337 g/mol. The second-order valence-electron chi connectivity index (χ2n) is 6.03. The van der Waals surface area contributed by atoms with E-state index >= 15 is 0 Å². The molecular formula is C14H23N7O3. The van der Waals surface area contributed by atoms with E-state index in [2.05, 4.69) is 15.0 Å². The molecule has 6 N–H and O–H groups in total. The number of aromatic nitrogens is 4. The van der Waals surface area contributed by atoms with Crippen LogP contribution in [0.25, 0.3) is 11.2 Å². The lowest BCUT2D eigenvalue weighted by Crippen LogP contribution is -2.39. The predicted octanol–water partition coefficient (Wildman–Crippen LogP) is -1.69. The van der Waals surface area contributed by atoms with E-state index in [1.165, 1.54) is 12.7 Å². The van der Waals surface area contributed by atoms with Crippen LogP contribution >= 0.6 is 0 Å². The maximum absolute atomic E-state index is 10.4. The van der Waals surface area contributed by atoms with Gasteiger partial charge in [-0.05, 0) is 26.6 Å². The molecule has 2 aromatic rings. The van der Waals surface area contributed by atoms with E-state index < -0.39 is 24.5 Å². The molecule has 1 fully saturated rings. The number of nitrogen functional groups attached to an aromatic ring is 1. The Kier molecular flexibility index (Phi) is 4.92. The zero-order valence-corrected chi connectivity index (χ0v) is 13.5. The summed E-state index contributed by atoms with van der Waals surface area (Å²) in [5.41, 5.74) is 12.2. The number of nitrogens with zero attached hydrogens (tertiary/aromatic N) is 5. The molecule has 1 saturated heterocycles. The smallest absolute Gasteiger partial charge is 0.167 e. The second kappa shape index (κ2) is 6.95. The van der Waals surface area contributed by atoms with Crippen LogP contribution in [0.1, 0.15) is 12.6 Å². The number of anilines is 1. The van der Waals surface area contributed by atoms with Crippen LogP contribution in [0.2, 0.25) is 0 Å². The first-order chi connectivity index (χ1) is 11.5. The third-order valence-electron chi connectivity index (χ3n) is 4.23. The molecule has 1 unspecified atom stereocenters. The quantitative estimate of drug-likeness (QED) is 0.484. The second-order valence-corrected chi connectivity index (χ2v) is 6.03. The zero-order chi connectivity index (χ0) is 17.3. The minimum Gasteiger partial charge on any atom is -0.387 e. The average molecular weight is 337 g/mol. The first-order valence-electron chi connectivity index (χ1n) is 7.86. The van der Waals surface area contributed by atoms with Gasteiger partial charge in [0.25, 0.3) is 0 Å². The van der Waals surface area contributed by atoms with Gasteiger partial charge in [-0.25, -0.2) is 15.0 Å². The Morgan fingerprint density at radius 2 is 2.08 bits per heavy atom. The maximum Gasteiger partial charge on any atom is 0.167 e. The summed E-state index contributed by atoms with van der Waals surface area (Å²) in [7, 11) is 1.92. The lowest BCUT2D eigenvalue weighted by atomic mass is 10.1. The Labute approximate surface area is 139 Å². The summed E-state index contributed by atoms with van der Waals surface area (Å²) in [5.74, 6) is 0.254. The van der Waals surface area contributed by atoms with E-state index in [1.54, 1.807) is 4.57 Å². The number of aliphatic hydroxyl groups is 2. The third kappa shape index (κ3) is 3.06. The van der Waals surface area contributed by atoms with E-state index in [9.17, 15) is 10.2 Å². The van der Waals surface area contributed by atoms with Gasteiger partial charge in [0.05, 0.1) is 6.33 Å². The number of hydrogen-bond donors (Lipinski definition) is 4. The Morgan fingerprint density at radius 3 is 2.83 bits per heavy atom. The van der Waals surface area contributed by atoms with Crippen molar-refractivity contribution in [2.24, 2.45) is 5.73 Å². The highest BCUT2D eigenvalue weighted by Gasteiger charge is 2.44. The molecule has 10 nitrogen and oxygen atoms in total. The zero-order valence-electron chi connectivity index (χ0n) is 13.5. The Balaban J connectivity index is 1.78. The topological polar surface area (TPSA) is 149 Å². The first kappa shape index (κ1) is 17.0. The standard InChI is InChI=1S/C14H23N7O3/c1-20(4-2-3-15)5-8-10(22)11(23)14(24-8)21-7-19-9-12(16)17-6-18-13(9)21/h6-8,10-11,14,22-23H,2-5,15H2,1H3,(H2,16,17,18)/t8-,10-,11-,14?/m1/s1. The highest BCUT2D eigenvalue weighted by atomic mass is 16.6. The number of imidazole rings is 1. The van der Waals surface area contributed by atoms with Crippen LogP contribution in [0.15, 0.2) is 12.7 Å². The van der Waals surface area contributed by atoms with Crippen LogP contribution in [0, 0.1) is 0 Å². The lowest BCUT2D eigenvalue weighted by Gasteiger charge is -2.22. The molecule has 0 aliphatic carbocycles. The van der Waals surface area contributed by atoms with Gasteiger partial charge in [0.2, 0.25) is 0 Å². The summed E-state index contributed by atoms with van der Waals surface area (Å²) >= 11 is 0. The number of fused-ring (bicyclic) bond motifs is 1. The molecule has 3 heterocycles. The molecule has 1 aliphatic rings. The van der Waals surface area contributed by atoms with Crippen molar-refractivity contribution in [1.29, 1.82) is 0 Å². The normalized spacial score (nSPS) is 27.4. The van der Waals surface area contributed by atoms with E-state index in [0.29, 0.717) is 24.3 Å². The summed E-state index contributed by atoms with van der Waals surface area (Å²) in [6, 6.07) is 0. The van der Waals surface area contributed by atoms with Crippen molar-refractivity contribution in [1.82, 2.24) is 24.4 Å². The van der Waals surface area contributed by atoms with Crippen LogP contribution in [-0.2, 0) is 4.74 Å². The third-order valence-corrected chi connectivity index (χ3v) is 4.23. The number of ether oxygens (including phenoxy) is 1. The van der Waals surface area contributed by atoms with Crippen molar-refractivity contribution in [3.05, 3.63) is 12.7 Å². The molecule has 4 atom stereocenters. The molecule has 10 heteroatoms. The van der Waals surface area contributed by atoms with Gasteiger partial charge in [-0.15, -0.1) is 0 Å². The molecule has 0 bridgehead atoms. The summed E-state index contributed by atoms with van der Waals surface area (Å²) in [5, 5.41) is 20.7. The number of rotatable bonds is 6. The van der Waals surface area contributed by atoms with E-state index in [4.69, 9.17) is 16.2 Å². The number of hydrogen-bond acceptors (Lipinski definition) is 9. The highest BCUT2D eigenvalue weighted by Crippen LogP contribution is 2.32. The van der Waals surface area contributed by atoms with Crippen molar-refractivity contribution < 1.29 is 14.9 Å². The van der Waals surface area contributed by atoms with Crippen LogP contribution in [0.3, 0.4) is 0 Å². The molecule has 132 valence electrons. The van der Waals surface area contributed by atoms with Crippen molar-refractivity contribution in [2.45, 2.75) is 31.0 Å². The molecule has 2 aromatic heterocycles. The first-order valence-corrected chi connectivity index (χ1v) is 7.86. The fraction of sp³-hybridized carbons (Fsp3) is 0.643. The molecule has 1 aliphatic heterocycles. The number of aliphatic hydroxyl groups excluding tert-OH is 2. The van der Waals surface area contributed by atoms with Gasteiger partial charge in [-0.1, -0.05) is 0 Å². The molecule has 0 radical (unpaired) electrons. The Hall–Kier alpha value is -1.85.